The summed E-state index contributed by atoms with van der Waals surface area (Å²) in [5.41, 5.74) is 0. The number of carbonyl (C=O) groups is 2. The van der Waals surface area contributed by atoms with Gasteiger partial charge in [0.2, 0.25) is 0 Å². The van der Waals surface area contributed by atoms with Crippen molar-refractivity contribution >= 4 is 11.8 Å². The number of carbonyl (C=O) groups excluding carboxylic acids is 2. The van der Waals surface area contributed by atoms with Gasteiger partial charge in [0, 0.05) is 13.3 Å². The van der Waals surface area contributed by atoms with Gasteiger partial charge >= 0.3 is 5.97 Å². The number of ketones is 1. The van der Waals surface area contributed by atoms with Crippen molar-refractivity contribution in [3.8, 4) is 0 Å². The minimum absolute atomic E-state index is 0.0791. The second kappa shape index (κ2) is 18.0. The number of allylic oxidation sites excluding steroid dienone is 4. The van der Waals surface area contributed by atoms with E-state index in [1.807, 2.05) is 12.2 Å². The Morgan fingerprint density at radius 2 is 1.33 bits per heavy atom. The Hall–Kier alpha value is -1.38. The number of rotatable bonds is 16. The molecule has 3 nitrogen and oxygen atoms in total. The van der Waals surface area contributed by atoms with Gasteiger partial charge in [0.1, 0.15) is 6.61 Å². The summed E-state index contributed by atoms with van der Waals surface area (Å²) in [5, 5.41) is 0. The SMILES string of the molecule is CCCCCCCCCCCCC=CC=CCC(=O)COC(C)=O. The fourth-order valence-electron chi connectivity index (χ4n) is 2.44. The number of unbranched alkanes of at least 4 members (excludes halogenated alkanes) is 10. The molecule has 0 radical (unpaired) electrons. The van der Waals surface area contributed by atoms with Gasteiger partial charge in [-0.15, -0.1) is 0 Å². The molecule has 0 spiro atoms. The smallest absolute Gasteiger partial charge is 0.303 e. The van der Waals surface area contributed by atoms with E-state index in [-0.39, 0.29) is 12.4 Å². The molecule has 0 atom stereocenters. The third kappa shape index (κ3) is 18.7. The molecule has 0 fully saturated rings. The van der Waals surface area contributed by atoms with Crippen molar-refractivity contribution in [2.75, 3.05) is 6.61 Å². The van der Waals surface area contributed by atoms with E-state index in [9.17, 15) is 9.59 Å². The monoisotopic (exact) mass is 336 g/mol. The lowest BCUT2D eigenvalue weighted by atomic mass is 10.1. The van der Waals surface area contributed by atoms with Gasteiger partial charge in [-0.05, 0) is 12.8 Å². The molecule has 0 aliphatic heterocycles. The van der Waals surface area contributed by atoms with E-state index in [4.69, 9.17) is 0 Å². The standard InChI is InChI=1S/C21H36O3/c1-3-4-5-6-7-8-9-10-11-12-13-14-15-16-17-18-21(23)19-24-20(2)22/h14-17H,3-13,18-19H2,1-2H3. The maximum Gasteiger partial charge on any atom is 0.303 e. The highest BCUT2D eigenvalue weighted by Crippen LogP contribution is 2.11. The van der Waals surface area contributed by atoms with Crippen molar-refractivity contribution in [1.82, 2.24) is 0 Å². The van der Waals surface area contributed by atoms with Gasteiger partial charge in [0.05, 0.1) is 0 Å². The van der Waals surface area contributed by atoms with E-state index in [2.05, 4.69) is 17.7 Å². The zero-order valence-corrected chi connectivity index (χ0v) is 15.7. The van der Waals surface area contributed by atoms with Crippen LogP contribution >= 0.6 is 0 Å². The minimum atomic E-state index is -0.413. The van der Waals surface area contributed by atoms with Crippen LogP contribution in [0.3, 0.4) is 0 Å². The van der Waals surface area contributed by atoms with E-state index in [0.29, 0.717) is 6.42 Å². The first-order valence-electron chi connectivity index (χ1n) is 9.63. The van der Waals surface area contributed by atoms with Crippen LogP contribution in [0.4, 0.5) is 0 Å². The van der Waals surface area contributed by atoms with Crippen molar-refractivity contribution in [3.63, 3.8) is 0 Å². The molecule has 0 amide bonds. The number of esters is 1. The van der Waals surface area contributed by atoms with Crippen molar-refractivity contribution in [2.24, 2.45) is 0 Å². The normalized spacial score (nSPS) is 11.4. The van der Waals surface area contributed by atoms with E-state index >= 15 is 0 Å². The molecular formula is C21H36O3. The van der Waals surface area contributed by atoms with Gasteiger partial charge in [0.15, 0.2) is 5.78 Å². The average Bonchev–Trinajstić information content (AvgIpc) is 2.56. The molecule has 0 N–H and O–H groups in total. The summed E-state index contributed by atoms with van der Waals surface area (Å²) in [6.45, 7) is 3.44. The Morgan fingerprint density at radius 1 is 0.792 bits per heavy atom. The van der Waals surface area contributed by atoms with E-state index in [1.165, 1.54) is 71.1 Å². The second-order valence-corrected chi connectivity index (χ2v) is 6.35. The Bertz CT molecular complexity index is 369. The summed E-state index contributed by atoms with van der Waals surface area (Å²) < 4.78 is 4.64. The molecule has 0 rings (SSSR count). The van der Waals surface area contributed by atoms with Crippen LogP contribution in [0, 0.1) is 0 Å². The lowest BCUT2D eigenvalue weighted by molar-refractivity contribution is -0.145. The highest BCUT2D eigenvalue weighted by Gasteiger charge is 2.00. The van der Waals surface area contributed by atoms with Gasteiger partial charge in [0.25, 0.3) is 0 Å². The average molecular weight is 337 g/mol. The van der Waals surface area contributed by atoms with Crippen LogP contribution in [-0.2, 0) is 14.3 Å². The first-order valence-corrected chi connectivity index (χ1v) is 9.63. The molecule has 24 heavy (non-hydrogen) atoms. The van der Waals surface area contributed by atoms with Crippen LogP contribution in [0.1, 0.15) is 90.9 Å². The van der Waals surface area contributed by atoms with Crippen molar-refractivity contribution in [3.05, 3.63) is 24.3 Å². The Kier molecular flexibility index (Phi) is 16.9. The molecule has 0 saturated carbocycles. The molecule has 3 heteroatoms. The van der Waals surface area contributed by atoms with Crippen LogP contribution in [0.5, 0.6) is 0 Å². The predicted molar refractivity (Wildman–Crippen MR) is 101 cm³/mol. The van der Waals surface area contributed by atoms with Crippen molar-refractivity contribution in [1.29, 1.82) is 0 Å². The maximum absolute atomic E-state index is 11.3. The summed E-state index contributed by atoms with van der Waals surface area (Å²) >= 11 is 0. The van der Waals surface area contributed by atoms with E-state index in [1.54, 1.807) is 6.08 Å². The van der Waals surface area contributed by atoms with Crippen LogP contribution in [0.2, 0.25) is 0 Å². The summed E-state index contributed by atoms with van der Waals surface area (Å²) in [7, 11) is 0. The van der Waals surface area contributed by atoms with Gasteiger partial charge in [-0.3, -0.25) is 9.59 Å². The van der Waals surface area contributed by atoms with Gasteiger partial charge in [-0.1, -0.05) is 89.0 Å². The topological polar surface area (TPSA) is 43.4 Å². The number of ether oxygens (including phenoxy) is 1. The summed E-state index contributed by atoms with van der Waals surface area (Å²) in [6.07, 6.45) is 22.9. The van der Waals surface area contributed by atoms with Gasteiger partial charge in [-0.25, -0.2) is 0 Å². The molecule has 0 aliphatic rings. The predicted octanol–water partition coefficient (Wildman–Crippen LogP) is 5.93. The zero-order chi connectivity index (χ0) is 17.9. The largest absolute Gasteiger partial charge is 0.458 e. The van der Waals surface area contributed by atoms with Gasteiger partial charge < -0.3 is 4.74 Å². The van der Waals surface area contributed by atoms with Gasteiger partial charge in [-0.2, -0.15) is 0 Å². The van der Waals surface area contributed by atoms with E-state index in [0.717, 1.165) is 6.42 Å². The third-order valence-electron chi connectivity index (χ3n) is 3.89. The van der Waals surface area contributed by atoms with Crippen molar-refractivity contribution < 1.29 is 14.3 Å². The first kappa shape index (κ1) is 22.6. The number of hydrogen-bond donors (Lipinski definition) is 0. The molecule has 0 aliphatic carbocycles. The van der Waals surface area contributed by atoms with Crippen LogP contribution in [0.25, 0.3) is 0 Å². The molecule has 0 heterocycles. The fourth-order valence-corrected chi connectivity index (χ4v) is 2.44. The third-order valence-corrected chi connectivity index (χ3v) is 3.89. The van der Waals surface area contributed by atoms with E-state index < -0.39 is 5.97 Å². The Balaban J connectivity index is 3.33. The molecular weight excluding hydrogens is 300 g/mol. The molecule has 0 bridgehead atoms. The fraction of sp³-hybridized carbons (Fsp3) is 0.714. The minimum Gasteiger partial charge on any atom is -0.458 e. The quantitative estimate of drug-likeness (QED) is 0.199. The summed E-state index contributed by atoms with van der Waals surface area (Å²) in [5.74, 6) is -0.492. The highest BCUT2D eigenvalue weighted by molar-refractivity contribution is 5.83. The molecule has 0 aromatic rings. The molecule has 0 aromatic heterocycles. The lowest BCUT2D eigenvalue weighted by Crippen LogP contribution is -2.10. The van der Waals surface area contributed by atoms with Crippen LogP contribution in [0.15, 0.2) is 24.3 Å². The second-order valence-electron chi connectivity index (χ2n) is 6.35. The zero-order valence-electron chi connectivity index (χ0n) is 15.7. The highest BCUT2D eigenvalue weighted by atomic mass is 16.5. The molecule has 138 valence electrons. The van der Waals surface area contributed by atoms with Crippen LogP contribution < -0.4 is 0 Å². The maximum atomic E-state index is 11.3. The molecule has 0 saturated heterocycles. The first-order chi connectivity index (χ1) is 11.7. The number of hydrogen-bond acceptors (Lipinski definition) is 3. The lowest BCUT2D eigenvalue weighted by Gasteiger charge is -2.01. The number of Topliss-reactive ketones (excluding diaryl/α,β-unsaturated/α-hetero) is 1. The van der Waals surface area contributed by atoms with Crippen LogP contribution in [-0.4, -0.2) is 18.4 Å². The molecule has 0 unspecified atom stereocenters. The Labute approximate surface area is 148 Å². The summed E-state index contributed by atoms with van der Waals surface area (Å²) in [6, 6.07) is 0. The molecule has 0 aromatic carbocycles. The van der Waals surface area contributed by atoms with Crippen molar-refractivity contribution in [2.45, 2.75) is 90.9 Å². The Morgan fingerprint density at radius 3 is 1.92 bits per heavy atom. The summed E-state index contributed by atoms with van der Waals surface area (Å²) in [4.78, 5) is 21.9.